The average molecular weight is 167 g/mol. The molecule has 3 nitrogen and oxygen atoms in total. The highest BCUT2D eigenvalue weighted by Gasteiger charge is 2.30. The van der Waals surface area contributed by atoms with Gasteiger partial charge in [0, 0.05) is 4.91 Å². The molecule has 5 heteroatoms. The molecule has 0 amide bonds. The van der Waals surface area contributed by atoms with Gasteiger partial charge in [0.2, 0.25) is 6.77 Å². The SMILES string of the molecule is CC[P+](Cl)(CC)N=[N+]=[N-]. The molecule has 0 N–H and O–H groups in total. The average Bonchev–Trinajstić information content (AvgIpc) is 1.89. The Bertz CT molecular complexity index is 128. The van der Waals surface area contributed by atoms with Crippen LogP contribution in [0.25, 0.3) is 10.4 Å². The molecule has 52 valence electrons. The molecule has 0 aliphatic rings. The van der Waals surface area contributed by atoms with Gasteiger partial charge < -0.3 is 0 Å². The van der Waals surface area contributed by atoms with E-state index in [1.54, 1.807) is 0 Å². The van der Waals surface area contributed by atoms with Crippen LogP contribution in [0.2, 0.25) is 0 Å². The number of hydrogen-bond acceptors (Lipinski definition) is 1. The lowest BCUT2D eigenvalue weighted by molar-refractivity contribution is 1.37. The number of azide groups is 1. The Morgan fingerprint density at radius 1 is 1.56 bits per heavy atom. The molecule has 0 unspecified atom stereocenters. The molecule has 0 fully saturated rings. The summed E-state index contributed by atoms with van der Waals surface area (Å²) in [5.74, 6) is 0. The summed E-state index contributed by atoms with van der Waals surface area (Å²) in [5.41, 5.74) is 8.07. The van der Waals surface area contributed by atoms with E-state index in [0.717, 1.165) is 12.3 Å². The Kier molecular flexibility index (Phi) is 3.96. The smallest absolute Gasteiger partial charge is 0.0288 e. The van der Waals surface area contributed by atoms with E-state index in [1.165, 1.54) is 0 Å². The van der Waals surface area contributed by atoms with Crippen LogP contribution >= 0.6 is 18.0 Å². The van der Waals surface area contributed by atoms with Gasteiger partial charge >= 0.3 is 0 Å². The van der Waals surface area contributed by atoms with E-state index >= 15 is 0 Å². The van der Waals surface area contributed by atoms with E-state index < -0.39 is 6.77 Å². The lowest BCUT2D eigenvalue weighted by Crippen LogP contribution is -1.85. The van der Waals surface area contributed by atoms with Crippen LogP contribution < -0.4 is 0 Å². The van der Waals surface area contributed by atoms with Gasteiger partial charge in [0.05, 0.1) is 17.2 Å². The number of nitrogens with zero attached hydrogens (tertiary/aromatic N) is 3. The van der Waals surface area contributed by atoms with Gasteiger partial charge in [0.1, 0.15) is 11.2 Å². The topological polar surface area (TPSA) is 48.8 Å². The summed E-state index contributed by atoms with van der Waals surface area (Å²) in [5, 5.41) is 0. The molecule has 0 rings (SSSR count). The van der Waals surface area contributed by atoms with Crippen molar-refractivity contribution >= 4 is 18.0 Å². The lowest BCUT2D eigenvalue weighted by atomic mass is 11.0. The Hall–Kier alpha value is 0.0300. The van der Waals surface area contributed by atoms with Crippen LogP contribution in [0.3, 0.4) is 0 Å². The maximum Gasteiger partial charge on any atom is 0.223 e. The fraction of sp³-hybridized carbons (Fsp3) is 1.00. The molecule has 0 aliphatic carbocycles. The summed E-state index contributed by atoms with van der Waals surface area (Å²) >= 11 is 5.90. The monoisotopic (exact) mass is 166 g/mol. The third-order valence-electron chi connectivity index (χ3n) is 1.17. The normalized spacial score (nSPS) is 10.6. The maximum atomic E-state index is 8.07. The van der Waals surface area contributed by atoms with Crippen molar-refractivity contribution in [3.05, 3.63) is 10.4 Å². The van der Waals surface area contributed by atoms with Crippen LogP contribution in [-0.2, 0) is 0 Å². The predicted molar refractivity (Wildman–Crippen MR) is 43.0 cm³/mol. The zero-order chi connectivity index (χ0) is 7.33. The van der Waals surface area contributed by atoms with Gasteiger partial charge in [0.25, 0.3) is 0 Å². The summed E-state index contributed by atoms with van der Waals surface area (Å²) in [6.45, 7) is 2.14. The summed E-state index contributed by atoms with van der Waals surface area (Å²) in [6.07, 6.45) is 1.57. The number of rotatable bonds is 3. The minimum Gasteiger partial charge on any atom is -0.0288 e. The van der Waals surface area contributed by atoms with Gasteiger partial charge in [-0.05, 0) is 19.4 Å². The Balaban J connectivity index is 4.08. The first-order chi connectivity index (χ1) is 4.18. The second kappa shape index (κ2) is 3.94. The summed E-state index contributed by atoms with van der Waals surface area (Å²) in [7, 11) is 0. The van der Waals surface area contributed by atoms with Crippen LogP contribution in [0, 0.1) is 0 Å². The van der Waals surface area contributed by atoms with Crippen LogP contribution in [0.4, 0.5) is 0 Å². The van der Waals surface area contributed by atoms with Crippen LogP contribution in [-0.4, -0.2) is 12.3 Å². The van der Waals surface area contributed by atoms with Crippen molar-refractivity contribution in [2.24, 2.45) is 4.88 Å². The van der Waals surface area contributed by atoms with E-state index in [9.17, 15) is 0 Å². The Morgan fingerprint density at radius 3 is 2.11 bits per heavy atom. The molecule has 0 saturated carbocycles. The summed E-state index contributed by atoms with van der Waals surface area (Å²) in [6, 6.07) is 0. The van der Waals surface area contributed by atoms with Gasteiger partial charge in [-0.1, -0.05) is 0 Å². The fourth-order valence-electron chi connectivity index (χ4n) is 0.422. The molecular weight excluding hydrogens is 156 g/mol. The highest BCUT2D eigenvalue weighted by atomic mass is 35.7. The number of hydrogen-bond donors (Lipinski definition) is 0. The minimum absolute atomic E-state index is 0.787. The first kappa shape index (κ1) is 9.03. The van der Waals surface area contributed by atoms with Crippen LogP contribution in [0.15, 0.2) is 4.88 Å². The molecule has 0 aromatic rings. The molecule has 0 aliphatic heterocycles. The molecule has 0 heterocycles. The zero-order valence-electron chi connectivity index (χ0n) is 5.58. The molecule has 0 atom stereocenters. The van der Waals surface area contributed by atoms with Gasteiger partial charge in [-0.15, -0.1) is 0 Å². The molecule has 0 spiro atoms. The van der Waals surface area contributed by atoms with Gasteiger partial charge in [0.15, 0.2) is 0 Å². The molecule has 0 bridgehead atoms. The first-order valence-electron chi connectivity index (χ1n) is 2.82. The second-order valence-electron chi connectivity index (χ2n) is 1.63. The molecule has 9 heavy (non-hydrogen) atoms. The molecule has 0 aromatic carbocycles. The van der Waals surface area contributed by atoms with Crippen molar-refractivity contribution in [1.82, 2.24) is 0 Å². The van der Waals surface area contributed by atoms with Crippen molar-refractivity contribution in [2.75, 3.05) is 12.3 Å². The Morgan fingerprint density at radius 2 is 2.00 bits per heavy atom. The van der Waals surface area contributed by atoms with Gasteiger partial charge in [-0.2, -0.15) is 0 Å². The number of halogens is 1. The van der Waals surface area contributed by atoms with E-state index in [-0.39, 0.29) is 0 Å². The second-order valence-corrected chi connectivity index (χ2v) is 6.61. The van der Waals surface area contributed by atoms with Crippen molar-refractivity contribution in [2.45, 2.75) is 13.8 Å². The van der Waals surface area contributed by atoms with Crippen molar-refractivity contribution in [1.29, 1.82) is 0 Å². The van der Waals surface area contributed by atoms with Crippen molar-refractivity contribution in [3.8, 4) is 0 Å². The quantitative estimate of drug-likeness (QED) is 0.267. The Labute approximate surface area is 60.2 Å². The van der Waals surface area contributed by atoms with Crippen molar-refractivity contribution < 1.29 is 0 Å². The highest BCUT2D eigenvalue weighted by molar-refractivity contribution is 7.97. The minimum atomic E-state index is -1.75. The lowest BCUT2D eigenvalue weighted by Gasteiger charge is -2.03. The zero-order valence-corrected chi connectivity index (χ0v) is 7.23. The third-order valence-corrected chi connectivity index (χ3v) is 5.15. The summed E-state index contributed by atoms with van der Waals surface area (Å²) in [4.78, 5) is 6.24. The maximum absolute atomic E-state index is 8.07. The molecule has 0 saturated heterocycles. The highest BCUT2D eigenvalue weighted by Crippen LogP contribution is 2.64. The van der Waals surface area contributed by atoms with E-state index in [0.29, 0.717) is 0 Å². The van der Waals surface area contributed by atoms with Gasteiger partial charge in [-0.3, -0.25) is 0 Å². The largest absolute Gasteiger partial charge is 0.223 e. The van der Waals surface area contributed by atoms with Crippen LogP contribution in [0.1, 0.15) is 13.8 Å². The standard InChI is InChI=1S/C4H10ClN3P/c1-3-9(5,4-2)8-7-6/h3-4H2,1-2H3/q+1. The van der Waals surface area contributed by atoms with E-state index in [4.69, 9.17) is 16.8 Å². The fourth-order valence-corrected chi connectivity index (χ4v) is 1.36. The van der Waals surface area contributed by atoms with Gasteiger partial charge in [-0.25, -0.2) is 0 Å². The predicted octanol–water partition coefficient (Wildman–Crippen LogP) is 3.42. The molecule has 0 radical (unpaired) electrons. The molecule has 0 aromatic heterocycles. The summed E-state index contributed by atoms with van der Waals surface area (Å²) < 4.78 is 0. The van der Waals surface area contributed by atoms with E-state index in [2.05, 4.69) is 9.80 Å². The van der Waals surface area contributed by atoms with Crippen molar-refractivity contribution in [3.63, 3.8) is 0 Å². The third kappa shape index (κ3) is 2.90. The van der Waals surface area contributed by atoms with E-state index in [1.807, 2.05) is 13.8 Å². The molecular formula is C4H10ClN3P+. The first-order valence-corrected chi connectivity index (χ1v) is 5.83. The van der Waals surface area contributed by atoms with Crippen LogP contribution in [0.5, 0.6) is 0 Å².